The Balaban J connectivity index is 1.89. The summed E-state index contributed by atoms with van der Waals surface area (Å²) in [5.74, 6) is 1.63. The molecule has 1 unspecified atom stereocenters. The molecule has 1 aliphatic heterocycles. The van der Waals surface area contributed by atoms with Crippen molar-refractivity contribution < 1.29 is 9.47 Å². The Morgan fingerprint density at radius 1 is 1.30 bits per heavy atom. The summed E-state index contributed by atoms with van der Waals surface area (Å²) in [6, 6.07) is 12.3. The summed E-state index contributed by atoms with van der Waals surface area (Å²) in [6.45, 7) is 3.46. The first-order valence-electron chi connectivity index (χ1n) is 6.76. The average molecular weight is 270 g/mol. The summed E-state index contributed by atoms with van der Waals surface area (Å²) in [5, 5.41) is 0. The lowest BCUT2D eigenvalue weighted by molar-refractivity contribution is 0.322. The highest BCUT2D eigenvalue weighted by Crippen LogP contribution is 2.20. The van der Waals surface area contributed by atoms with Gasteiger partial charge in [-0.3, -0.25) is 0 Å². The number of hydrogen-bond acceptors (Lipinski definition) is 3. The highest BCUT2D eigenvalue weighted by molar-refractivity contribution is 5.93. The van der Waals surface area contributed by atoms with Gasteiger partial charge in [-0.25, -0.2) is 4.99 Å². The average Bonchev–Trinajstić information content (AvgIpc) is 3.08. The molecule has 0 saturated heterocycles. The normalized spacial score (nSPS) is 17.7. The summed E-state index contributed by atoms with van der Waals surface area (Å²) >= 11 is 0. The van der Waals surface area contributed by atoms with Crippen LogP contribution in [-0.4, -0.2) is 30.2 Å². The van der Waals surface area contributed by atoms with Crippen molar-refractivity contribution in [3.8, 4) is 5.75 Å². The molecule has 2 aromatic rings. The van der Waals surface area contributed by atoms with Crippen LogP contribution in [0.3, 0.4) is 0 Å². The molecule has 0 saturated carbocycles. The molecule has 0 N–H and O–H groups in total. The van der Waals surface area contributed by atoms with Crippen molar-refractivity contribution in [2.45, 2.75) is 19.5 Å². The first-order valence-corrected chi connectivity index (χ1v) is 6.76. The lowest BCUT2D eigenvalue weighted by Gasteiger charge is -2.12. The number of aliphatic imine (C=N–C) groups is 1. The molecule has 2 heterocycles. The fraction of sp³-hybridized carbons (Fsp3) is 0.312. The van der Waals surface area contributed by atoms with Gasteiger partial charge in [-0.05, 0) is 25.1 Å². The lowest BCUT2D eigenvalue weighted by atomic mass is 10.2. The van der Waals surface area contributed by atoms with Crippen molar-refractivity contribution in [2.24, 2.45) is 4.99 Å². The zero-order valence-electron chi connectivity index (χ0n) is 11.7. The zero-order chi connectivity index (χ0) is 13.9. The fourth-order valence-corrected chi connectivity index (χ4v) is 2.38. The van der Waals surface area contributed by atoms with Crippen LogP contribution in [0.1, 0.15) is 18.2 Å². The van der Waals surface area contributed by atoms with Gasteiger partial charge in [0.25, 0.3) is 0 Å². The second kappa shape index (κ2) is 5.41. The van der Waals surface area contributed by atoms with E-state index in [0.29, 0.717) is 6.61 Å². The topological polar surface area (TPSA) is 35.8 Å². The first kappa shape index (κ1) is 12.8. The van der Waals surface area contributed by atoms with E-state index in [2.05, 4.69) is 22.5 Å². The number of hydrogen-bond donors (Lipinski definition) is 0. The maximum atomic E-state index is 5.64. The van der Waals surface area contributed by atoms with Crippen LogP contribution in [-0.2, 0) is 11.3 Å². The lowest BCUT2D eigenvalue weighted by Crippen LogP contribution is -2.11. The number of para-hydroxylation sites is 1. The van der Waals surface area contributed by atoms with E-state index in [9.17, 15) is 0 Å². The third-order valence-electron chi connectivity index (χ3n) is 3.38. The zero-order valence-corrected chi connectivity index (χ0v) is 11.7. The van der Waals surface area contributed by atoms with Crippen molar-refractivity contribution in [3.05, 3.63) is 53.9 Å². The molecule has 0 radical (unpaired) electrons. The quantitative estimate of drug-likeness (QED) is 0.856. The van der Waals surface area contributed by atoms with Gasteiger partial charge in [0.1, 0.15) is 18.1 Å². The van der Waals surface area contributed by atoms with Crippen LogP contribution >= 0.6 is 0 Å². The van der Waals surface area contributed by atoms with E-state index in [1.807, 2.05) is 36.5 Å². The fourth-order valence-electron chi connectivity index (χ4n) is 2.38. The summed E-state index contributed by atoms with van der Waals surface area (Å²) in [4.78, 5) is 4.52. The van der Waals surface area contributed by atoms with E-state index in [0.717, 1.165) is 29.4 Å². The monoisotopic (exact) mass is 270 g/mol. The molecule has 0 fully saturated rings. The van der Waals surface area contributed by atoms with Gasteiger partial charge in [-0.2, -0.15) is 0 Å². The summed E-state index contributed by atoms with van der Waals surface area (Å²) in [5.41, 5.74) is 2.15. The highest BCUT2D eigenvalue weighted by Gasteiger charge is 2.19. The second-order valence-corrected chi connectivity index (χ2v) is 4.93. The van der Waals surface area contributed by atoms with Gasteiger partial charge in [0.2, 0.25) is 5.90 Å². The molecule has 3 rings (SSSR count). The number of nitrogens with zero attached hydrogens (tertiary/aromatic N) is 2. The van der Waals surface area contributed by atoms with E-state index in [-0.39, 0.29) is 6.04 Å². The van der Waals surface area contributed by atoms with E-state index in [1.54, 1.807) is 7.11 Å². The van der Waals surface area contributed by atoms with E-state index >= 15 is 0 Å². The van der Waals surface area contributed by atoms with Gasteiger partial charge in [0.05, 0.1) is 19.7 Å². The first-order chi connectivity index (χ1) is 9.78. The molecule has 0 amide bonds. The van der Waals surface area contributed by atoms with Gasteiger partial charge >= 0.3 is 0 Å². The molecule has 0 bridgehead atoms. The van der Waals surface area contributed by atoms with Crippen LogP contribution in [0.2, 0.25) is 0 Å². The molecule has 1 aromatic heterocycles. The molecule has 4 heteroatoms. The van der Waals surface area contributed by atoms with Crippen molar-refractivity contribution in [1.29, 1.82) is 0 Å². The number of ether oxygens (including phenoxy) is 2. The third kappa shape index (κ3) is 2.41. The Hall–Kier alpha value is -2.23. The predicted octanol–water partition coefficient (Wildman–Crippen LogP) is 2.71. The van der Waals surface area contributed by atoms with Gasteiger partial charge in [0.15, 0.2) is 0 Å². The van der Waals surface area contributed by atoms with E-state index in [1.165, 1.54) is 0 Å². The van der Waals surface area contributed by atoms with Gasteiger partial charge < -0.3 is 14.0 Å². The predicted molar refractivity (Wildman–Crippen MR) is 78.5 cm³/mol. The molecule has 104 valence electrons. The van der Waals surface area contributed by atoms with Crippen LogP contribution in [0.15, 0.2) is 47.6 Å². The van der Waals surface area contributed by atoms with Crippen molar-refractivity contribution in [3.63, 3.8) is 0 Å². The van der Waals surface area contributed by atoms with Gasteiger partial charge in [0, 0.05) is 11.8 Å². The minimum atomic E-state index is 0.236. The van der Waals surface area contributed by atoms with Crippen molar-refractivity contribution >= 4 is 5.90 Å². The van der Waals surface area contributed by atoms with Crippen LogP contribution in [0.5, 0.6) is 5.75 Å². The highest BCUT2D eigenvalue weighted by atomic mass is 16.5. The smallest absolute Gasteiger partial charge is 0.233 e. The minimum absolute atomic E-state index is 0.236. The second-order valence-electron chi connectivity index (χ2n) is 4.93. The summed E-state index contributed by atoms with van der Waals surface area (Å²) in [7, 11) is 1.70. The Labute approximate surface area is 118 Å². The molecular formula is C16H18N2O2. The standard InChI is InChI=1S/C16H18N2O2/c1-12-11-20-16(17-12)14-7-5-9-18(14)10-13-6-3-4-8-15(13)19-2/h3-9,12H,10-11H2,1-2H3. The molecule has 0 aliphatic carbocycles. The SMILES string of the molecule is COc1ccccc1Cn1cccc1C1=NC(C)CO1. The Bertz CT molecular complexity index is 631. The van der Waals surface area contributed by atoms with Crippen LogP contribution in [0, 0.1) is 0 Å². The maximum absolute atomic E-state index is 5.64. The summed E-state index contributed by atoms with van der Waals surface area (Å²) in [6.07, 6.45) is 2.04. The summed E-state index contributed by atoms with van der Waals surface area (Å²) < 4.78 is 13.2. The molecule has 20 heavy (non-hydrogen) atoms. The van der Waals surface area contributed by atoms with E-state index < -0.39 is 0 Å². The Morgan fingerprint density at radius 2 is 2.15 bits per heavy atom. The van der Waals surface area contributed by atoms with E-state index in [4.69, 9.17) is 9.47 Å². The number of benzene rings is 1. The minimum Gasteiger partial charge on any atom is -0.496 e. The molecule has 4 nitrogen and oxygen atoms in total. The number of rotatable bonds is 4. The molecule has 0 spiro atoms. The number of aromatic nitrogens is 1. The molecule has 1 atom stereocenters. The third-order valence-corrected chi connectivity index (χ3v) is 3.38. The molecule has 1 aromatic carbocycles. The van der Waals surface area contributed by atoms with Gasteiger partial charge in [-0.1, -0.05) is 18.2 Å². The Morgan fingerprint density at radius 3 is 2.90 bits per heavy atom. The largest absolute Gasteiger partial charge is 0.496 e. The van der Waals surface area contributed by atoms with Crippen LogP contribution in [0.4, 0.5) is 0 Å². The molecular weight excluding hydrogens is 252 g/mol. The van der Waals surface area contributed by atoms with Crippen molar-refractivity contribution in [2.75, 3.05) is 13.7 Å². The van der Waals surface area contributed by atoms with Crippen LogP contribution in [0.25, 0.3) is 0 Å². The maximum Gasteiger partial charge on any atom is 0.233 e. The Kier molecular flexibility index (Phi) is 3.46. The van der Waals surface area contributed by atoms with Crippen LogP contribution < -0.4 is 4.74 Å². The number of methoxy groups -OCH3 is 1. The molecule has 1 aliphatic rings. The van der Waals surface area contributed by atoms with Gasteiger partial charge in [-0.15, -0.1) is 0 Å². The van der Waals surface area contributed by atoms with Crippen molar-refractivity contribution in [1.82, 2.24) is 4.57 Å².